The number of benzene rings is 1. The SMILES string of the molecule is CNc1nc(N)c(C(=O)N(C)C(C)c2ccc(Cl)cc2)s1. The number of nitrogens with one attached hydrogen (secondary N) is 1. The van der Waals surface area contributed by atoms with Crippen LogP contribution < -0.4 is 11.1 Å². The number of nitrogen functional groups attached to an aromatic ring is 1. The Morgan fingerprint density at radius 2 is 2.05 bits per heavy atom. The molecule has 0 saturated carbocycles. The standard InChI is InChI=1S/C14H17ClN4OS/c1-8(9-4-6-10(15)7-5-9)19(3)13(20)11-12(16)18-14(17-2)21-11/h4-8H,16H2,1-3H3,(H,17,18). The average molecular weight is 325 g/mol. The van der Waals surface area contributed by atoms with Gasteiger partial charge in [-0.2, -0.15) is 0 Å². The van der Waals surface area contributed by atoms with Crippen molar-refractivity contribution in [1.82, 2.24) is 9.88 Å². The van der Waals surface area contributed by atoms with E-state index in [1.165, 1.54) is 11.3 Å². The molecular formula is C14H17ClN4OS. The zero-order valence-corrected chi connectivity index (χ0v) is 13.6. The van der Waals surface area contributed by atoms with Crippen LogP contribution in [0.1, 0.15) is 28.2 Å². The fourth-order valence-electron chi connectivity index (χ4n) is 1.89. The number of aromatic nitrogens is 1. The topological polar surface area (TPSA) is 71.2 Å². The smallest absolute Gasteiger partial charge is 0.268 e. The van der Waals surface area contributed by atoms with E-state index in [0.717, 1.165) is 5.56 Å². The van der Waals surface area contributed by atoms with Crippen LogP contribution >= 0.6 is 22.9 Å². The maximum Gasteiger partial charge on any atom is 0.268 e. The number of hydrogen-bond acceptors (Lipinski definition) is 5. The minimum atomic E-state index is -0.144. The average Bonchev–Trinajstić information content (AvgIpc) is 2.87. The second kappa shape index (κ2) is 6.32. The van der Waals surface area contributed by atoms with E-state index in [1.807, 2.05) is 31.2 Å². The van der Waals surface area contributed by atoms with Crippen LogP contribution in [0.15, 0.2) is 24.3 Å². The number of thiazole rings is 1. The summed E-state index contributed by atoms with van der Waals surface area (Å²) >= 11 is 7.13. The van der Waals surface area contributed by atoms with E-state index < -0.39 is 0 Å². The molecule has 1 unspecified atom stereocenters. The van der Waals surface area contributed by atoms with Crippen molar-refractivity contribution >= 4 is 39.8 Å². The van der Waals surface area contributed by atoms with Gasteiger partial charge in [-0.25, -0.2) is 4.98 Å². The lowest BCUT2D eigenvalue weighted by Gasteiger charge is -2.25. The van der Waals surface area contributed by atoms with Crippen molar-refractivity contribution in [3.8, 4) is 0 Å². The van der Waals surface area contributed by atoms with Crippen LogP contribution in [0.4, 0.5) is 10.9 Å². The van der Waals surface area contributed by atoms with Gasteiger partial charge in [0.05, 0.1) is 6.04 Å². The van der Waals surface area contributed by atoms with E-state index in [0.29, 0.717) is 15.0 Å². The number of nitrogens with zero attached hydrogens (tertiary/aromatic N) is 2. The molecule has 5 nitrogen and oxygen atoms in total. The minimum Gasteiger partial charge on any atom is -0.382 e. The van der Waals surface area contributed by atoms with Crippen molar-refractivity contribution in [1.29, 1.82) is 0 Å². The number of amides is 1. The van der Waals surface area contributed by atoms with Crippen molar-refractivity contribution in [3.63, 3.8) is 0 Å². The highest BCUT2D eigenvalue weighted by Gasteiger charge is 2.23. The second-order valence-electron chi connectivity index (χ2n) is 4.63. The van der Waals surface area contributed by atoms with Crippen LogP contribution in [0.5, 0.6) is 0 Å². The summed E-state index contributed by atoms with van der Waals surface area (Å²) in [5, 5.41) is 4.19. The van der Waals surface area contributed by atoms with Gasteiger partial charge in [0.2, 0.25) is 0 Å². The Morgan fingerprint density at radius 3 is 2.57 bits per heavy atom. The lowest BCUT2D eigenvalue weighted by Crippen LogP contribution is -2.29. The maximum atomic E-state index is 12.5. The summed E-state index contributed by atoms with van der Waals surface area (Å²) in [5.74, 6) is 0.110. The van der Waals surface area contributed by atoms with Crippen molar-refractivity contribution in [2.45, 2.75) is 13.0 Å². The summed E-state index contributed by atoms with van der Waals surface area (Å²) in [4.78, 5) is 18.7. The molecule has 1 amide bonds. The molecule has 1 aromatic carbocycles. The summed E-state index contributed by atoms with van der Waals surface area (Å²) in [7, 11) is 3.49. The fourth-order valence-corrected chi connectivity index (χ4v) is 2.84. The van der Waals surface area contributed by atoms with Crippen molar-refractivity contribution < 1.29 is 4.79 Å². The first kappa shape index (κ1) is 15.6. The predicted molar refractivity (Wildman–Crippen MR) is 88.0 cm³/mol. The van der Waals surface area contributed by atoms with Gasteiger partial charge in [-0.15, -0.1) is 0 Å². The number of carbonyl (C=O) groups excluding carboxylic acids is 1. The molecule has 112 valence electrons. The van der Waals surface area contributed by atoms with E-state index >= 15 is 0 Å². The van der Waals surface area contributed by atoms with Crippen LogP contribution in [0.3, 0.4) is 0 Å². The first-order valence-corrected chi connectivity index (χ1v) is 7.60. The molecule has 0 aliphatic heterocycles. The first-order chi connectivity index (χ1) is 9.93. The van der Waals surface area contributed by atoms with Crippen LogP contribution in [0, 0.1) is 0 Å². The molecule has 1 aromatic heterocycles. The van der Waals surface area contributed by atoms with Gasteiger partial charge < -0.3 is 16.0 Å². The predicted octanol–water partition coefficient (Wildman–Crippen LogP) is 3.25. The van der Waals surface area contributed by atoms with Gasteiger partial charge in [0.15, 0.2) is 5.13 Å². The Hall–Kier alpha value is -1.79. The van der Waals surface area contributed by atoms with Crippen LogP contribution in [-0.4, -0.2) is 29.9 Å². The van der Waals surface area contributed by atoms with E-state index in [2.05, 4.69) is 10.3 Å². The minimum absolute atomic E-state index is 0.0886. The maximum absolute atomic E-state index is 12.5. The first-order valence-electron chi connectivity index (χ1n) is 6.40. The van der Waals surface area contributed by atoms with Crippen molar-refractivity contribution in [2.24, 2.45) is 0 Å². The van der Waals surface area contributed by atoms with Gasteiger partial charge in [-0.1, -0.05) is 35.1 Å². The molecule has 0 aliphatic carbocycles. The summed E-state index contributed by atoms with van der Waals surface area (Å²) < 4.78 is 0. The summed E-state index contributed by atoms with van der Waals surface area (Å²) in [6.45, 7) is 1.96. The number of hydrogen-bond donors (Lipinski definition) is 2. The molecular weight excluding hydrogens is 308 g/mol. The number of anilines is 2. The third-order valence-electron chi connectivity index (χ3n) is 3.32. The monoisotopic (exact) mass is 324 g/mol. The molecule has 1 atom stereocenters. The highest BCUT2D eigenvalue weighted by Crippen LogP contribution is 2.29. The number of rotatable bonds is 4. The number of carbonyl (C=O) groups is 1. The normalized spacial score (nSPS) is 12.0. The Morgan fingerprint density at radius 1 is 1.43 bits per heavy atom. The Balaban J connectivity index is 2.21. The molecule has 0 spiro atoms. The largest absolute Gasteiger partial charge is 0.382 e. The van der Waals surface area contributed by atoms with Crippen molar-refractivity contribution in [2.75, 3.05) is 25.1 Å². The van der Waals surface area contributed by atoms with Crippen LogP contribution in [-0.2, 0) is 0 Å². The third kappa shape index (κ3) is 3.28. The molecule has 0 saturated heterocycles. The Kier molecular flexibility index (Phi) is 4.69. The van der Waals surface area contributed by atoms with Crippen LogP contribution in [0.2, 0.25) is 5.02 Å². The molecule has 0 bridgehead atoms. The van der Waals surface area contributed by atoms with Crippen molar-refractivity contribution in [3.05, 3.63) is 39.7 Å². The number of halogens is 1. The molecule has 0 fully saturated rings. The van der Waals surface area contributed by atoms with Gasteiger partial charge in [-0.3, -0.25) is 4.79 Å². The van der Waals surface area contributed by atoms with Gasteiger partial charge >= 0.3 is 0 Å². The van der Waals surface area contributed by atoms with Gasteiger partial charge in [0, 0.05) is 19.1 Å². The summed E-state index contributed by atoms with van der Waals surface area (Å²) in [6.07, 6.45) is 0. The quantitative estimate of drug-likeness (QED) is 0.905. The molecule has 0 radical (unpaired) electrons. The number of nitrogens with two attached hydrogens (primary N) is 1. The van der Waals surface area contributed by atoms with E-state index in [1.54, 1.807) is 19.0 Å². The molecule has 1 heterocycles. The molecule has 3 N–H and O–H groups in total. The molecule has 2 aromatic rings. The van der Waals surface area contributed by atoms with Gasteiger partial charge in [-0.05, 0) is 24.6 Å². The molecule has 2 rings (SSSR count). The van der Waals surface area contributed by atoms with E-state index in [9.17, 15) is 4.79 Å². The third-order valence-corrected chi connectivity index (χ3v) is 4.64. The lowest BCUT2D eigenvalue weighted by molar-refractivity contribution is 0.0748. The zero-order valence-electron chi connectivity index (χ0n) is 12.1. The van der Waals surface area contributed by atoms with E-state index in [4.69, 9.17) is 17.3 Å². The highest BCUT2D eigenvalue weighted by atomic mass is 35.5. The van der Waals surface area contributed by atoms with Gasteiger partial charge in [0.1, 0.15) is 10.7 Å². The molecule has 7 heteroatoms. The molecule has 21 heavy (non-hydrogen) atoms. The lowest BCUT2D eigenvalue weighted by atomic mass is 10.1. The van der Waals surface area contributed by atoms with Gasteiger partial charge in [0.25, 0.3) is 5.91 Å². The zero-order chi connectivity index (χ0) is 15.6. The van der Waals surface area contributed by atoms with Crippen LogP contribution in [0.25, 0.3) is 0 Å². The van der Waals surface area contributed by atoms with E-state index in [-0.39, 0.29) is 17.8 Å². The Labute approximate surface area is 132 Å². The summed E-state index contributed by atoms with van der Waals surface area (Å²) in [5.41, 5.74) is 6.82. The second-order valence-corrected chi connectivity index (χ2v) is 6.06. The molecule has 0 aliphatic rings. The summed E-state index contributed by atoms with van der Waals surface area (Å²) in [6, 6.07) is 7.35. The fraction of sp³-hybridized carbons (Fsp3) is 0.286. The highest BCUT2D eigenvalue weighted by molar-refractivity contribution is 7.18. The Bertz CT molecular complexity index is 641.